The van der Waals surface area contributed by atoms with Gasteiger partial charge in [-0.25, -0.2) is 4.98 Å². The minimum atomic E-state index is -0.280. The monoisotopic (exact) mass is 443 g/mol. The van der Waals surface area contributed by atoms with Crippen LogP contribution < -0.4 is 19.5 Å². The van der Waals surface area contributed by atoms with E-state index in [9.17, 15) is 4.79 Å². The van der Waals surface area contributed by atoms with E-state index < -0.39 is 0 Å². The average Bonchev–Trinajstić information content (AvgIpc) is 3.18. The molecule has 1 N–H and O–H groups in total. The van der Waals surface area contributed by atoms with E-state index in [2.05, 4.69) is 20.5 Å². The first-order chi connectivity index (χ1) is 16.1. The second kappa shape index (κ2) is 8.62. The van der Waals surface area contributed by atoms with Gasteiger partial charge in [0.1, 0.15) is 25.3 Å². The number of para-hydroxylation sites is 1. The maximum Gasteiger partial charge on any atom is 0.259 e. The van der Waals surface area contributed by atoms with Crippen LogP contribution in [0.15, 0.2) is 60.9 Å². The van der Waals surface area contributed by atoms with Crippen LogP contribution >= 0.6 is 0 Å². The number of carbonyl (C=O) groups excluding carboxylic acids is 1. The molecule has 5 rings (SSSR count). The molecule has 166 valence electrons. The van der Waals surface area contributed by atoms with Gasteiger partial charge in [0.2, 0.25) is 5.88 Å². The van der Waals surface area contributed by atoms with Gasteiger partial charge in [-0.1, -0.05) is 6.07 Å². The van der Waals surface area contributed by atoms with Gasteiger partial charge in [0.15, 0.2) is 17.3 Å². The van der Waals surface area contributed by atoms with Crippen molar-refractivity contribution >= 4 is 11.6 Å². The number of nitrogens with one attached hydrogen (secondary N) is 1. The van der Waals surface area contributed by atoms with E-state index in [1.165, 1.54) is 0 Å². The standard InChI is InChI=1S/C24H21N5O4/c1-15-16(2)29(14-25-15)21-10-11-22(28-27-21)33-18-8-6-17(7-9-18)26-24(30)19-4-3-5-20-23(19)32-13-12-31-20/h3-11,14H,12-13H2,1-2H3,(H,26,30). The number of rotatable bonds is 5. The van der Waals surface area contributed by atoms with Crippen LogP contribution in [0.4, 0.5) is 5.69 Å². The van der Waals surface area contributed by atoms with Gasteiger partial charge in [0.25, 0.3) is 5.91 Å². The molecule has 2 aromatic heterocycles. The summed E-state index contributed by atoms with van der Waals surface area (Å²) < 4.78 is 18.8. The molecule has 0 radical (unpaired) electrons. The summed E-state index contributed by atoms with van der Waals surface area (Å²) in [6.45, 7) is 4.80. The number of amides is 1. The van der Waals surface area contributed by atoms with Gasteiger partial charge in [-0.15, -0.1) is 10.2 Å². The normalized spacial score (nSPS) is 12.3. The lowest BCUT2D eigenvalue weighted by atomic mass is 10.1. The molecule has 0 fully saturated rings. The average molecular weight is 443 g/mol. The fraction of sp³-hybridized carbons (Fsp3) is 0.167. The second-order valence-electron chi connectivity index (χ2n) is 7.43. The van der Waals surface area contributed by atoms with E-state index in [0.717, 1.165) is 11.4 Å². The van der Waals surface area contributed by atoms with Crippen molar-refractivity contribution in [2.24, 2.45) is 0 Å². The third-order valence-corrected chi connectivity index (χ3v) is 5.27. The highest BCUT2D eigenvalue weighted by molar-refractivity contribution is 6.06. The number of hydrogen-bond acceptors (Lipinski definition) is 7. The molecule has 33 heavy (non-hydrogen) atoms. The number of nitrogens with zero attached hydrogens (tertiary/aromatic N) is 4. The van der Waals surface area contributed by atoms with E-state index in [1.54, 1.807) is 54.9 Å². The van der Waals surface area contributed by atoms with E-state index in [0.29, 0.717) is 53.4 Å². The Bertz CT molecular complexity index is 1300. The Morgan fingerprint density at radius 1 is 1.00 bits per heavy atom. The molecule has 9 heteroatoms. The van der Waals surface area contributed by atoms with Crippen LogP contribution in [-0.4, -0.2) is 38.9 Å². The first kappa shape index (κ1) is 20.5. The van der Waals surface area contributed by atoms with E-state index in [1.807, 2.05) is 24.5 Å². The molecule has 0 unspecified atom stereocenters. The molecule has 0 saturated heterocycles. The molecule has 2 aromatic carbocycles. The summed E-state index contributed by atoms with van der Waals surface area (Å²) in [6, 6.07) is 15.8. The lowest BCUT2D eigenvalue weighted by Crippen LogP contribution is -2.20. The zero-order valence-corrected chi connectivity index (χ0v) is 18.1. The van der Waals surface area contributed by atoms with Crippen LogP contribution in [0.3, 0.4) is 0 Å². The van der Waals surface area contributed by atoms with Crippen molar-refractivity contribution in [3.8, 4) is 28.9 Å². The highest BCUT2D eigenvalue weighted by atomic mass is 16.6. The summed E-state index contributed by atoms with van der Waals surface area (Å²) >= 11 is 0. The zero-order chi connectivity index (χ0) is 22.8. The maximum absolute atomic E-state index is 12.7. The third kappa shape index (κ3) is 4.20. The van der Waals surface area contributed by atoms with E-state index in [4.69, 9.17) is 14.2 Å². The number of imidazole rings is 1. The molecule has 0 bridgehead atoms. The Kier molecular flexibility index (Phi) is 5.35. The fourth-order valence-corrected chi connectivity index (χ4v) is 3.40. The van der Waals surface area contributed by atoms with Gasteiger partial charge in [-0.05, 0) is 56.3 Å². The number of aryl methyl sites for hydroxylation is 1. The fourth-order valence-electron chi connectivity index (χ4n) is 3.40. The SMILES string of the molecule is Cc1ncn(-c2ccc(Oc3ccc(NC(=O)c4cccc5c4OCCO5)cc3)nn2)c1C. The first-order valence-electron chi connectivity index (χ1n) is 10.4. The number of aromatic nitrogens is 4. The zero-order valence-electron chi connectivity index (χ0n) is 18.1. The molecular weight excluding hydrogens is 422 g/mol. The Morgan fingerprint density at radius 2 is 1.82 bits per heavy atom. The van der Waals surface area contributed by atoms with E-state index in [-0.39, 0.29) is 5.91 Å². The molecule has 3 heterocycles. The lowest BCUT2D eigenvalue weighted by Gasteiger charge is -2.20. The quantitative estimate of drug-likeness (QED) is 0.496. The Labute approximate surface area is 190 Å². The number of anilines is 1. The third-order valence-electron chi connectivity index (χ3n) is 5.27. The summed E-state index contributed by atoms with van der Waals surface area (Å²) in [5, 5.41) is 11.2. The van der Waals surface area contributed by atoms with Gasteiger partial charge in [0, 0.05) is 17.4 Å². The van der Waals surface area contributed by atoms with Crippen LogP contribution in [0.2, 0.25) is 0 Å². The highest BCUT2D eigenvalue weighted by Gasteiger charge is 2.20. The van der Waals surface area contributed by atoms with Crippen LogP contribution in [0.1, 0.15) is 21.7 Å². The predicted octanol–water partition coefficient (Wildman–Crippen LogP) is 4.09. The van der Waals surface area contributed by atoms with Crippen molar-refractivity contribution in [2.75, 3.05) is 18.5 Å². The van der Waals surface area contributed by atoms with Gasteiger partial charge in [-0.2, -0.15) is 0 Å². The molecule has 0 atom stereocenters. The number of fused-ring (bicyclic) bond motifs is 1. The summed E-state index contributed by atoms with van der Waals surface area (Å²) in [7, 11) is 0. The van der Waals surface area contributed by atoms with Crippen LogP contribution in [-0.2, 0) is 0 Å². The molecule has 9 nitrogen and oxygen atoms in total. The van der Waals surface area contributed by atoms with Gasteiger partial charge in [-0.3, -0.25) is 9.36 Å². The molecule has 0 aliphatic carbocycles. The van der Waals surface area contributed by atoms with Crippen molar-refractivity contribution in [2.45, 2.75) is 13.8 Å². The molecule has 1 aliphatic heterocycles. The van der Waals surface area contributed by atoms with E-state index >= 15 is 0 Å². The molecule has 1 aliphatic rings. The topological polar surface area (TPSA) is 100 Å². The molecule has 4 aromatic rings. The number of carbonyl (C=O) groups is 1. The molecule has 1 amide bonds. The molecule has 0 spiro atoms. The molecular formula is C24H21N5O4. The minimum absolute atomic E-state index is 0.280. The Balaban J connectivity index is 1.25. The Hall–Kier alpha value is -4.40. The maximum atomic E-state index is 12.7. The lowest BCUT2D eigenvalue weighted by molar-refractivity contribution is 0.101. The van der Waals surface area contributed by atoms with Crippen molar-refractivity contribution in [1.82, 2.24) is 19.7 Å². The van der Waals surface area contributed by atoms with Gasteiger partial charge in [0.05, 0.1) is 11.3 Å². The first-order valence-corrected chi connectivity index (χ1v) is 10.4. The van der Waals surface area contributed by atoms with Crippen LogP contribution in [0, 0.1) is 13.8 Å². The Morgan fingerprint density at radius 3 is 2.55 bits per heavy atom. The van der Waals surface area contributed by atoms with Gasteiger partial charge >= 0.3 is 0 Å². The van der Waals surface area contributed by atoms with Crippen molar-refractivity contribution in [3.05, 3.63) is 77.9 Å². The molecule has 0 saturated carbocycles. The summed E-state index contributed by atoms with van der Waals surface area (Å²) in [5.74, 6) is 2.34. The summed E-state index contributed by atoms with van der Waals surface area (Å²) in [5.41, 5.74) is 2.99. The number of hydrogen-bond donors (Lipinski definition) is 1. The summed E-state index contributed by atoms with van der Waals surface area (Å²) in [4.78, 5) is 17.0. The predicted molar refractivity (Wildman–Crippen MR) is 121 cm³/mol. The van der Waals surface area contributed by atoms with Crippen molar-refractivity contribution < 1.29 is 19.0 Å². The van der Waals surface area contributed by atoms with Crippen LogP contribution in [0.25, 0.3) is 5.82 Å². The summed E-state index contributed by atoms with van der Waals surface area (Å²) in [6.07, 6.45) is 1.71. The largest absolute Gasteiger partial charge is 0.486 e. The van der Waals surface area contributed by atoms with Gasteiger partial charge < -0.3 is 19.5 Å². The second-order valence-corrected chi connectivity index (χ2v) is 7.43. The smallest absolute Gasteiger partial charge is 0.259 e. The van der Waals surface area contributed by atoms with Crippen LogP contribution in [0.5, 0.6) is 23.1 Å². The number of ether oxygens (including phenoxy) is 3. The van der Waals surface area contributed by atoms with Crippen molar-refractivity contribution in [1.29, 1.82) is 0 Å². The highest BCUT2D eigenvalue weighted by Crippen LogP contribution is 2.34. The minimum Gasteiger partial charge on any atom is -0.486 e. The number of benzene rings is 2. The van der Waals surface area contributed by atoms with Crippen molar-refractivity contribution in [3.63, 3.8) is 0 Å².